The molecular weight excluding hydrogens is 367 g/mol. The number of hydrogen-bond acceptors (Lipinski definition) is 4. The Labute approximate surface area is 161 Å². The minimum absolute atomic E-state index is 0.0956. The maximum absolute atomic E-state index is 13.5. The highest BCUT2D eigenvalue weighted by atomic mass is 19.4. The third kappa shape index (κ3) is 3.87. The molecule has 0 amide bonds. The Morgan fingerprint density at radius 2 is 2.11 bits per heavy atom. The Bertz CT molecular complexity index is 952. The predicted octanol–water partition coefficient (Wildman–Crippen LogP) is 4.09. The van der Waals surface area contributed by atoms with Crippen molar-refractivity contribution < 1.29 is 13.2 Å². The van der Waals surface area contributed by atoms with E-state index in [-0.39, 0.29) is 11.6 Å². The van der Waals surface area contributed by atoms with Crippen molar-refractivity contribution in [3.63, 3.8) is 0 Å². The maximum Gasteiger partial charge on any atom is 0.433 e. The van der Waals surface area contributed by atoms with Crippen molar-refractivity contribution in [3.8, 4) is 0 Å². The molecule has 3 aromatic heterocycles. The van der Waals surface area contributed by atoms with Gasteiger partial charge in [-0.05, 0) is 43.5 Å². The molecule has 1 fully saturated rings. The third-order valence-electron chi connectivity index (χ3n) is 5.20. The van der Waals surface area contributed by atoms with Gasteiger partial charge in [0.2, 0.25) is 0 Å². The number of pyridine rings is 1. The van der Waals surface area contributed by atoms with Crippen LogP contribution in [0.25, 0.3) is 5.65 Å². The zero-order valence-corrected chi connectivity index (χ0v) is 15.7. The van der Waals surface area contributed by atoms with Crippen molar-refractivity contribution in [1.29, 1.82) is 0 Å². The summed E-state index contributed by atoms with van der Waals surface area (Å²) in [7, 11) is 0. The third-order valence-corrected chi connectivity index (χ3v) is 5.20. The van der Waals surface area contributed by atoms with Crippen LogP contribution in [0.15, 0.2) is 36.7 Å². The summed E-state index contributed by atoms with van der Waals surface area (Å²) in [5.41, 5.74) is 1.75. The van der Waals surface area contributed by atoms with Crippen LogP contribution in [0.3, 0.4) is 0 Å². The van der Waals surface area contributed by atoms with Gasteiger partial charge < -0.3 is 0 Å². The molecule has 1 saturated heterocycles. The van der Waals surface area contributed by atoms with Crippen LogP contribution in [-0.4, -0.2) is 37.6 Å². The molecule has 5 nitrogen and oxygen atoms in total. The standard InChI is InChI=1S/C20H22F3N5/c1-2-16-9-18(20(21,22)23)28-19(25-16)10-17(26-28)15-6-4-8-27(13-15)12-14-5-3-7-24-11-14/h3,5,7,9-11,15H,2,4,6,8,12-13H2,1H3/t15-/m0/s1. The predicted molar refractivity (Wildman–Crippen MR) is 98.9 cm³/mol. The Morgan fingerprint density at radius 3 is 2.82 bits per heavy atom. The molecule has 4 heterocycles. The lowest BCUT2D eigenvalue weighted by Crippen LogP contribution is -2.34. The first kappa shape index (κ1) is 18.9. The fourth-order valence-corrected chi connectivity index (χ4v) is 3.82. The fourth-order valence-electron chi connectivity index (χ4n) is 3.82. The summed E-state index contributed by atoms with van der Waals surface area (Å²) < 4.78 is 41.4. The van der Waals surface area contributed by atoms with E-state index in [9.17, 15) is 13.2 Å². The van der Waals surface area contributed by atoms with Crippen LogP contribution >= 0.6 is 0 Å². The summed E-state index contributed by atoms with van der Waals surface area (Å²) in [6.45, 7) is 4.31. The molecule has 0 radical (unpaired) electrons. The second-order valence-corrected chi connectivity index (χ2v) is 7.26. The molecule has 1 aliphatic rings. The molecule has 0 aliphatic carbocycles. The Kier molecular flexibility index (Phi) is 5.05. The molecule has 0 aromatic carbocycles. The van der Waals surface area contributed by atoms with E-state index >= 15 is 0 Å². The number of aryl methyl sites for hydroxylation is 1. The monoisotopic (exact) mass is 389 g/mol. The van der Waals surface area contributed by atoms with Gasteiger partial charge in [-0.25, -0.2) is 9.50 Å². The first-order chi connectivity index (χ1) is 13.4. The van der Waals surface area contributed by atoms with E-state index in [0.29, 0.717) is 17.8 Å². The summed E-state index contributed by atoms with van der Waals surface area (Å²) in [5, 5.41) is 4.31. The maximum atomic E-state index is 13.5. The smallest absolute Gasteiger partial charge is 0.298 e. The van der Waals surface area contributed by atoms with Gasteiger partial charge in [0, 0.05) is 43.2 Å². The topological polar surface area (TPSA) is 46.3 Å². The van der Waals surface area contributed by atoms with Gasteiger partial charge in [-0.1, -0.05) is 13.0 Å². The van der Waals surface area contributed by atoms with Gasteiger partial charge >= 0.3 is 6.18 Å². The second-order valence-electron chi connectivity index (χ2n) is 7.26. The van der Waals surface area contributed by atoms with Gasteiger partial charge in [-0.3, -0.25) is 9.88 Å². The average molecular weight is 389 g/mol. The lowest BCUT2D eigenvalue weighted by Gasteiger charge is -2.31. The largest absolute Gasteiger partial charge is 0.433 e. The number of halogens is 3. The van der Waals surface area contributed by atoms with Crippen molar-refractivity contribution in [2.45, 2.75) is 44.8 Å². The van der Waals surface area contributed by atoms with Gasteiger partial charge in [0.05, 0.1) is 5.69 Å². The first-order valence-corrected chi connectivity index (χ1v) is 9.52. The summed E-state index contributed by atoms with van der Waals surface area (Å²) in [6.07, 6.45) is 1.47. The number of rotatable bonds is 4. The number of hydrogen-bond donors (Lipinski definition) is 0. The van der Waals surface area contributed by atoms with E-state index in [4.69, 9.17) is 0 Å². The lowest BCUT2D eigenvalue weighted by atomic mass is 9.94. The van der Waals surface area contributed by atoms with E-state index in [1.165, 1.54) is 0 Å². The zero-order valence-electron chi connectivity index (χ0n) is 15.7. The number of nitrogens with zero attached hydrogens (tertiary/aromatic N) is 5. The van der Waals surface area contributed by atoms with Gasteiger partial charge in [-0.2, -0.15) is 18.3 Å². The van der Waals surface area contributed by atoms with Crippen molar-refractivity contribution in [2.24, 2.45) is 0 Å². The van der Waals surface area contributed by atoms with Crippen LogP contribution in [0.4, 0.5) is 13.2 Å². The van der Waals surface area contributed by atoms with E-state index in [0.717, 1.165) is 48.6 Å². The fraction of sp³-hybridized carbons (Fsp3) is 0.450. The van der Waals surface area contributed by atoms with Crippen molar-refractivity contribution in [2.75, 3.05) is 13.1 Å². The molecule has 4 rings (SSSR count). The minimum atomic E-state index is -4.46. The first-order valence-electron chi connectivity index (χ1n) is 9.52. The van der Waals surface area contributed by atoms with E-state index in [2.05, 4.69) is 20.0 Å². The lowest BCUT2D eigenvalue weighted by molar-refractivity contribution is -0.142. The van der Waals surface area contributed by atoms with Crippen molar-refractivity contribution >= 4 is 5.65 Å². The number of piperidine rings is 1. The molecule has 1 aliphatic heterocycles. The number of likely N-dealkylation sites (tertiary alicyclic amines) is 1. The van der Waals surface area contributed by atoms with Gasteiger partial charge in [-0.15, -0.1) is 0 Å². The van der Waals surface area contributed by atoms with Gasteiger partial charge in [0.15, 0.2) is 5.65 Å². The highest BCUT2D eigenvalue weighted by Gasteiger charge is 2.35. The van der Waals surface area contributed by atoms with Gasteiger partial charge in [0.1, 0.15) is 5.69 Å². The summed E-state index contributed by atoms with van der Waals surface area (Å²) in [5.74, 6) is 0.0956. The van der Waals surface area contributed by atoms with Crippen LogP contribution in [0.2, 0.25) is 0 Å². The molecular formula is C20H22F3N5. The molecule has 0 unspecified atom stereocenters. The SMILES string of the molecule is CCc1cc(C(F)(F)F)n2nc([C@H]3CCCN(Cc4cccnc4)C3)cc2n1. The van der Waals surface area contributed by atoms with Crippen LogP contribution in [-0.2, 0) is 19.1 Å². The Hall–Kier alpha value is -2.48. The molecule has 0 N–H and O–H groups in total. The highest BCUT2D eigenvalue weighted by molar-refractivity contribution is 5.43. The molecule has 8 heteroatoms. The van der Waals surface area contributed by atoms with E-state index < -0.39 is 11.9 Å². The summed E-state index contributed by atoms with van der Waals surface area (Å²) >= 11 is 0. The number of alkyl halides is 3. The second kappa shape index (κ2) is 7.50. The van der Waals surface area contributed by atoms with Gasteiger partial charge in [0.25, 0.3) is 0 Å². The highest BCUT2D eigenvalue weighted by Crippen LogP contribution is 2.32. The molecule has 0 bridgehead atoms. The Balaban J connectivity index is 1.61. The summed E-state index contributed by atoms with van der Waals surface area (Å²) in [4.78, 5) is 10.8. The van der Waals surface area contributed by atoms with Crippen LogP contribution < -0.4 is 0 Å². The zero-order chi connectivity index (χ0) is 19.7. The molecule has 0 saturated carbocycles. The van der Waals surface area contributed by atoms with Crippen LogP contribution in [0.5, 0.6) is 0 Å². The molecule has 3 aromatic rings. The van der Waals surface area contributed by atoms with Crippen LogP contribution in [0.1, 0.15) is 48.3 Å². The molecule has 0 spiro atoms. The molecule has 148 valence electrons. The van der Waals surface area contributed by atoms with Crippen molar-refractivity contribution in [1.82, 2.24) is 24.5 Å². The van der Waals surface area contributed by atoms with Crippen molar-refractivity contribution in [3.05, 3.63) is 59.3 Å². The van der Waals surface area contributed by atoms with E-state index in [1.54, 1.807) is 19.2 Å². The normalized spacial score (nSPS) is 18.6. The molecule has 28 heavy (non-hydrogen) atoms. The quantitative estimate of drug-likeness (QED) is 0.674. The Morgan fingerprint density at radius 1 is 1.25 bits per heavy atom. The average Bonchev–Trinajstić information content (AvgIpc) is 3.11. The number of fused-ring (bicyclic) bond motifs is 1. The molecule has 1 atom stereocenters. The van der Waals surface area contributed by atoms with E-state index in [1.807, 2.05) is 18.3 Å². The van der Waals surface area contributed by atoms with Crippen LogP contribution in [0, 0.1) is 0 Å². The number of aromatic nitrogens is 4. The minimum Gasteiger partial charge on any atom is -0.298 e. The summed E-state index contributed by atoms with van der Waals surface area (Å²) in [6, 6.07) is 6.76.